The molecule has 3 rings (SSSR count). The summed E-state index contributed by atoms with van der Waals surface area (Å²) in [6, 6.07) is 15.7. The molecule has 0 saturated heterocycles. The van der Waals surface area contributed by atoms with Crippen LogP contribution in [-0.4, -0.2) is 26.6 Å². The Morgan fingerprint density at radius 1 is 1.09 bits per heavy atom. The first-order valence-electron chi connectivity index (χ1n) is 10.9. The predicted molar refractivity (Wildman–Crippen MR) is 132 cm³/mol. The van der Waals surface area contributed by atoms with Crippen LogP contribution in [0.25, 0.3) is 11.3 Å². The maximum Gasteiger partial charge on any atom is 0.149 e. The van der Waals surface area contributed by atoms with E-state index in [2.05, 4.69) is 20.2 Å². The molecule has 8 heteroatoms. The largest absolute Gasteiger partial charge is 0.598 e. The molecule has 2 N–H and O–H groups in total. The van der Waals surface area contributed by atoms with Crippen LogP contribution in [0.2, 0.25) is 0 Å². The van der Waals surface area contributed by atoms with E-state index in [-0.39, 0.29) is 11.9 Å². The van der Waals surface area contributed by atoms with Crippen molar-refractivity contribution < 1.29 is 13.7 Å². The minimum Gasteiger partial charge on any atom is -0.598 e. The standard InChI is InChI=1S/C25H31FN4O2S/c1-6-22(30-33(31)25(2,3)4)21-15-23(27-16-17-10-12-20(32-5)13-11-17)28-29-24(21)18-8-7-9-19(26)14-18/h7-15,22,30H,6,16H2,1-5H3,(H,27,28)/t22-,33?/m1/s1. The van der Waals surface area contributed by atoms with E-state index in [4.69, 9.17) is 4.74 Å². The Morgan fingerprint density at radius 3 is 2.42 bits per heavy atom. The van der Waals surface area contributed by atoms with E-state index >= 15 is 0 Å². The number of hydrogen-bond donors (Lipinski definition) is 2. The Hall–Kier alpha value is -2.68. The maximum absolute atomic E-state index is 13.9. The fraction of sp³-hybridized carbons (Fsp3) is 0.360. The molecule has 0 spiro atoms. The molecule has 0 aliphatic rings. The smallest absolute Gasteiger partial charge is 0.149 e. The van der Waals surface area contributed by atoms with Crippen LogP contribution in [0.15, 0.2) is 54.6 Å². The highest BCUT2D eigenvalue weighted by molar-refractivity contribution is 7.90. The second-order valence-electron chi connectivity index (χ2n) is 8.71. The third-order valence-corrected chi connectivity index (χ3v) is 6.75. The van der Waals surface area contributed by atoms with Crippen LogP contribution in [-0.2, 0) is 17.9 Å². The highest BCUT2D eigenvalue weighted by atomic mass is 32.2. The van der Waals surface area contributed by atoms with E-state index in [1.807, 2.05) is 58.0 Å². The van der Waals surface area contributed by atoms with Crippen molar-refractivity contribution in [3.05, 3.63) is 71.5 Å². The molecule has 2 atom stereocenters. The zero-order chi connectivity index (χ0) is 24.0. The average Bonchev–Trinajstić information content (AvgIpc) is 2.80. The van der Waals surface area contributed by atoms with Gasteiger partial charge in [-0.2, -0.15) is 0 Å². The first-order valence-corrected chi connectivity index (χ1v) is 12.0. The number of benzene rings is 2. The van der Waals surface area contributed by atoms with Crippen molar-refractivity contribution in [3.63, 3.8) is 0 Å². The average molecular weight is 471 g/mol. The number of ether oxygens (including phenoxy) is 1. The lowest BCUT2D eigenvalue weighted by Crippen LogP contribution is -2.41. The molecule has 3 aromatic rings. The summed E-state index contributed by atoms with van der Waals surface area (Å²) in [7, 11) is 1.63. The van der Waals surface area contributed by atoms with E-state index in [0.29, 0.717) is 30.0 Å². The van der Waals surface area contributed by atoms with Gasteiger partial charge < -0.3 is 14.6 Å². The van der Waals surface area contributed by atoms with Gasteiger partial charge in [-0.25, -0.2) is 4.39 Å². The van der Waals surface area contributed by atoms with Crippen LogP contribution < -0.4 is 14.8 Å². The Morgan fingerprint density at radius 2 is 1.82 bits per heavy atom. The van der Waals surface area contributed by atoms with Crippen molar-refractivity contribution in [2.75, 3.05) is 12.4 Å². The molecule has 176 valence electrons. The number of rotatable bonds is 9. The third kappa shape index (κ3) is 6.66. The van der Waals surface area contributed by atoms with Crippen LogP contribution in [0.5, 0.6) is 5.75 Å². The normalized spacial score (nSPS) is 13.4. The number of methoxy groups -OCH3 is 1. The lowest BCUT2D eigenvalue weighted by molar-refractivity contribution is 0.414. The molecule has 0 bridgehead atoms. The topological polar surface area (TPSA) is 82.1 Å². The summed E-state index contributed by atoms with van der Waals surface area (Å²) < 4.78 is 34.8. The summed E-state index contributed by atoms with van der Waals surface area (Å²) in [5.74, 6) is 1.04. The summed E-state index contributed by atoms with van der Waals surface area (Å²) in [6.07, 6.45) is 0.674. The van der Waals surface area contributed by atoms with Gasteiger partial charge in [0.25, 0.3) is 0 Å². The molecule has 0 amide bonds. The lowest BCUT2D eigenvalue weighted by atomic mass is 9.99. The Labute approximate surface area is 198 Å². The van der Waals surface area contributed by atoms with Gasteiger partial charge in [0.1, 0.15) is 22.1 Å². The molecular weight excluding hydrogens is 439 g/mol. The molecule has 0 saturated carbocycles. The summed E-state index contributed by atoms with van der Waals surface area (Å²) in [5.41, 5.74) is 3.07. The molecule has 1 aromatic heterocycles. The summed E-state index contributed by atoms with van der Waals surface area (Å²) in [6.45, 7) is 8.32. The summed E-state index contributed by atoms with van der Waals surface area (Å²) in [5, 5.41) is 12.1. The van der Waals surface area contributed by atoms with E-state index in [0.717, 1.165) is 16.9 Å². The number of anilines is 1. The highest BCUT2D eigenvalue weighted by Gasteiger charge is 2.30. The van der Waals surface area contributed by atoms with Crippen molar-refractivity contribution >= 4 is 17.2 Å². The Balaban J connectivity index is 1.93. The second kappa shape index (κ2) is 11.0. The van der Waals surface area contributed by atoms with Crippen molar-refractivity contribution in [1.82, 2.24) is 14.9 Å². The SMILES string of the molecule is CC[C@@H](N[S+]([O-])C(C)(C)C)c1cc(NCc2ccc(OC)cc2)nnc1-c1cccc(F)c1. The lowest BCUT2D eigenvalue weighted by Gasteiger charge is -2.28. The van der Waals surface area contributed by atoms with Crippen molar-refractivity contribution in [2.45, 2.75) is 51.4 Å². The van der Waals surface area contributed by atoms with E-state index in [1.54, 1.807) is 19.2 Å². The van der Waals surface area contributed by atoms with Gasteiger partial charge in [-0.3, -0.25) is 0 Å². The third-order valence-electron chi connectivity index (χ3n) is 5.14. The quantitative estimate of drug-likeness (QED) is 0.407. The van der Waals surface area contributed by atoms with Crippen LogP contribution >= 0.6 is 0 Å². The van der Waals surface area contributed by atoms with E-state index in [1.165, 1.54) is 12.1 Å². The van der Waals surface area contributed by atoms with Crippen LogP contribution in [0.4, 0.5) is 10.2 Å². The van der Waals surface area contributed by atoms with E-state index < -0.39 is 16.1 Å². The van der Waals surface area contributed by atoms with Crippen molar-refractivity contribution in [2.24, 2.45) is 0 Å². The van der Waals surface area contributed by atoms with Crippen LogP contribution in [0, 0.1) is 5.82 Å². The van der Waals surface area contributed by atoms with Gasteiger partial charge in [0.2, 0.25) is 0 Å². The number of aromatic nitrogens is 2. The number of hydrogen-bond acceptors (Lipinski definition) is 6. The fourth-order valence-corrected chi connectivity index (χ4v) is 4.13. The van der Waals surface area contributed by atoms with Gasteiger partial charge in [-0.15, -0.1) is 14.9 Å². The molecule has 1 heterocycles. The summed E-state index contributed by atoms with van der Waals surface area (Å²) >= 11 is -1.28. The molecule has 0 aliphatic heterocycles. The highest BCUT2D eigenvalue weighted by Crippen LogP contribution is 2.31. The van der Waals surface area contributed by atoms with Crippen molar-refractivity contribution in [1.29, 1.82) is 0 Å². The molecule has 33 heavy (non-hydrogen) atoms. The molecule has 0 fully saturated rings. The van der Waals surface area contributed by atoms with Gasteiger partial charge in [0.15, 0.2) is 0 Å². The molecular formula is C25H31FN4O2S. The summed E-state index contributed by atoms with van der Waals surface area (Å²) in [4.78, 5) is 0. The minimum absolute atomic E-state index is 0.250. The monoisotopic (exact) mass is 470 g/mol. The molecule has 0 aliphatic carbocycles. The first-order chi connectivity index (χ1) is 15.7. The van der Waals surface area contributed by atoms with Gasteiger partial charge in [0, 0.05) is 29.0 Å². The molecule has 6 nitrogen and oxygen atoms in total. The zero-order valence-corrected chi connectivity index (χ0v) is 20.5. The Kier molecular flexibility index (Phi) is 8.29. The van der Waals surface area contributed by atoms with Gasteiger partial charge in [-0.05, 0) is 63.1 Å². The first kappa shape index (κ1) is 25.0. The Bertz CT molecular complexity index is 1060. The minimum atomic E-state index is -1.28. The van der Waals surface area contributed by atoms with Crippen molar-refractivity contribution in [3.8, 4) is 17.0 Å². The second-order valence-corrected chi connectivity index (χ2v) is 10.7. The van der Waals surface area contributed by atoms with Gasteiger partial charge in [0.05, 0.1) is 18.8 Å². The van der Waals surface area contributed by atoms with E-state index in [9.17, 15) is 8.94 Å². The van der Waals surface area contributed by atoms with Crippen LogP contribution in [0.1, 0.15) is 51.3 Å². The predicted octanol–water partition coefficient (Wildman–Crippen LogP) is 5.41. The molecule has 1 unspecified atom stereocenters. The molecule has 2 aromatic carbocycles. The molecule has 0 radical (unpaired) electrons. The van der Waals surface area contributed by atoms with Crippen LogP contribution in [0.3, 0.4) is 0 Å². The van der Waals surface area contributed by atoms with Gasteiger partial charge >= 0.3 is 0 Å². The number of nitrogens with zero attached hydrogens (tertiary/aromatic N) is 2. The number of halogens is 1. The zero-order valence-electron chi connectivity index (χ0n) is 19.7. The van der Waals surface area contributed by atoms with Gasteiger partial charge in [-0.1, -0.05) is 31.2 Å². The fourth-order valence-electron chi connectivity index (χ4n) is 3.23. The maximum atomic E-state index is 13.9. The number of nitrogens with one attached hydrogen (secondary N) is 2.